The van der Waals surface area contributed by atoms with E-state index in [-0.39, 0.29) is 5.78 Å². The van der Waals surface area contributed by atoms with Crippen LogP contribution < -0.4 is 0 Å². The smallest absolute Gasteiger partial charge is 0.130 e. The van der Waals surface area contributed by atoms with Crippen molar-refractivity contribution in [3.05, 3.63) is 35.5 Å². The minimum atomic E-state index is 0.288. The maximum Gasteiger partial charge on any atom is 0.130 e. The fourth-order valence-electron chi connectivity index (χ4n) is 3.16. The number of rotatable bonds is 7. The van der Waals surface area contributed by atoms with E-state index in [2.05, 4.69) is 43.1 Å². The minimum absolute atomic E-state index is 0.288. The highest BCUT2D eigenvalue weighted by Gasteiger charge is 2.20. The molecule has 0 amide bonds. The molecule has 0 bridgehead atoms. The molecule has 0 unspecified atom stereocenters. The Balaban J connectivity index is 2.34. The first-order valence-electron chi connectivity index (χ1n) is 7.70. The number of aryl methyl sites for hydroxylation is 1. The predicted molar refractivity (Wildman–Crippen MR) is 85.2 cm³/mol. The molecule has 1 atom stereocenters. The standard InChI is InChI=1S/C18H25NO/c1-4-5-6-9-15(12-13(2)20)18-14(3)19-17-11-8-7-10-16(17)18/h7-8,10-11,15,19H,4-6,9,12H2,1-3H3/t15-/m1/s1. The summed E-state index contributed by atoms with van der Waals surface area (Å²) in [6.45, 7) is 6.05. The number of para-hydroxylation sites is 1. The summed E-state index contributed by atoms with van der Waals surface area (Å²) in [6.07, 6.45) is 5.44. The van der Waals surface area contributed by atoms with Gasteiger partial charge in [-0.2, -0.15) is 0 Å². The molecule has 0 spiro atoms. The Kier molecular flexibility index (Phi) is 4.99. The van der Waals surface area contributed by atoms with Gasteiger partial charge in [0.15, 0.2) is 0 Å². The number of fused-ring (bicyclic) bond motifs is 1. The minimum Gasteiger partial charge on any atom is -0.358 e. The van der Waals surface area contributed by atoms with Crippen LogP contribution in [-0.4, -0.2) is 10.8 Å². The van der Waals surface area contributed by atoms with Gasteiger partial charge in [-0.05, 0) is 37.8 Å². The molecule has 1 aromatic heterocycles. The van der Waals surface area contributed by atoms with Crippen LogP contribution in [0.5, 0.6) is 0 Å². The van der Waals surface area contributed by atoms with E-state index in [0.29, 0.717) is 12.3 Å². The number of hydrogen-bond donors (Lipinski definition) is 1. The molecule has 2 rings (SSSR count). The van der Waals surface area contributed by atoms with Crippen molar-refractivity contribution >= 4 is 16.7 Å². The van der Waals surface area contributed by atoms with Crippen molar-refractivity contribution in [1.82, 2.24) is 4.98 Å². The van der Waals surface area contributed by atoms with Crippen molar-refractivity contribution in [2.24, 2.45) is 0 Å². The summed E-state index contributed by atoms with van der Waals surface area (Å²) in [4.78, 5) is 15.1. The number of H-pyrrole nitrogens is 1. The molecule has 0 aliphatic carbocycles. The number of benzene rings is 1. The largest absolute Gasteiger partial charge is 0.358 e. The van der Waals surface area contributed by atoms with Gasteiger partial charge >= 0.3 is 0 Å². The monoisotopic (exact) mass is 271 g/mol. The van der Waals surface area contributed by atoms with Gasteiger partial charge in [-0.25, -0.2) is 0 Å². The van der Waals surface area contributed by atoms with Crippen LogP contribution in [0.2, 0.25) is 0 Å². The number of ketones is 1. The van der Waals surface area contributed by atoms with Crippen molar-refractivity contribution < 1.29 is 4.79 Å². The summed E-state index contributed by atoms with van der Waals surface area (Å²) in [5.41, 5.74) is 3.75. The lowest BCUT2D eigenvalue weighted by Gasteiger charge is -2.16. The lowest BCUT2D eigenvalue weighted by atomic mass is 9.87. The van der Waals surface area contributed by atoms with Crippen LogP contribution >= 0.6 is 0 Å². The van der Waals surface area contributed by atoms with Crippen LogP contribution in [0, 0.1) is 6.92 Å². The normalized spacial score (nSPS) is 12.8. The molecular weight excluding hydrogens is 246 g/mol. The van der Waals surface area contributed by atoms with Crippen LogP contribution in [-0.2, 0) is 4.79 Å². The van der Waals surface area contributed by atoms with Gasteiger partial charge < -0.3 is 9.78 Å². The summed E-state index contributed by atoms with van der Waals surface area (Å²) < 4.78 is 0. The second kappa shape index (κ2) is 6.74. The Morgan fingerprint density at radius 2 is 2.00 bits per heavy atom. The zero-order valence-electron chi connectivity index (χ0n) is 12.8. The van der Waals surface area contributed by atoms with E-state index in [0.717, 1.165) is 6.42 Å². The molecule has 1 N–H and O–H groups in total. The van der Waals surface area contributed by atoms with Gasteiger partial charge in [0.2, 0.25) is 0 Å². The van der Waals surface area contributed by atoms with Gasteiger partial charge in [0.25, 0.3) is 0 Å². The van der Waals surface area contributed by atoms with Gasteiger partial charge in [0.05, 0.1) is 0 Å². The van der Waals surface area contributed by atoms with Crippen molar-refractivity contribution in [2.75, 3.05) is 0 Å². The number of aromatic amines is 1. The molecule has 20 heavy (non-hydrogen) atoms. The zero-order chi connectivity index (χ0) is 14.5. The van der Waals surface area contributed by atoms with E-state index in [1.807, 2.05) is 0 Å². The average Bonchev–Trinajstić information content (AvgIpc) is 2.73. The first-order valence-corrected chi connectivity index (χ1v) is 7.70. The van der Waals surface area contributed by atoms with Gasteiger partial charge in [-0.1, -0.05) is 44.4 Å². The number of carbonyl (C=O) groups excluding carboxylic acids is 1. The third-order valence-electron chi connectivity index (χ3n) is 4.04. The second-order valence-electron chi connectivity index (χ2n) is 5.81. The topological polar surface area (TPSA) is 32.9 Å². The first-order chi connectivity index (χ1) is 9.63. The second-order valence-corrected chi connectivity index (χ2v) is 5.81. The van der Waals surface area contributed by atoms with E-state index in [1.165, 1.54) is 41.4 Å². The molecule has 2 heteroatoms. The van der Waals surface area contributed by atoms with E-state index in [1.54, 1.807) is 6.92 Å². The van der Waals surface area contributed by atoms with Crippen molar-refractivity contribution in [3.63, 3.8) is 0 Å². The van der Waals surface area contributed by atoms with Crippen molar-refractivity contribution in [1.29, 1.82) is 0 Å². The summed E-state index contributed by atoms with van der Waals surface area (Å²) in [5.74, 6) is 0.645. The van der Waals surface area contributed by atoms with Gasteiger partial charge in [-0.15, -0.1) is 0 Å². The fourth-order valence-corrected chi connectivity index (χ4v) is 3.16. The lowest BCUT2D eigenvalue weighted by Crippen LogP contribution is -2.05. The van der Waals surface area contributed by atoms with Crippen LogP contribution in [0.1, 0.15) is 63.1 Å². The molecule has 0 radical (unpaired) electrons. The number of Topliss-reactive ketones (excluding diaryl/α,β-unsaturated/α-hetero) is 1. The van der Waals surface area contributed by atoms with Crippen LogP contribution in [0.4, 0.5) is 0 Å². The number of carbonyl (C=O) groups is 1. The number of unbranched alkanes of at least 4 members (excludes halogenated alkanes) is 2. The maximum atomic E-state index is 11.6. The third kappa shape index (κ3) is 3.30. The lowest BCUT2D eigenvalue weighted by molar-refractivity contribution is -0.117. The maximum absolute atomic E-state index is 11.6. The average molecular weight is 271 g/mol. The Labute approximate surface area is 121 Å². The van der Waals surface area contributed by atoms with E-state index in [9.17, 15) is 4.79 Å². The molecule has 2 aromatic rings. The zero-order valence-corrected chi connectivity index (χ0v) is 12.8. The molecule has 1 heterocycles. The molecule has 0 aliphatic rings. The predicted octanol–water partition coefficient (Wildman–Crippen LogP) is 5.12. The van der Waals surface area contributed by atoms with Crippen LogP contribution in [0.25, 0.3) is 10.9 Å². The first kappa shape index (κ1) is 14.8. The fraction of sp³-hybridized carbons (Fsp3) is 0.500. The summed E-state index contributed by atoms with van der Waals surface area (Å²) in [6, 6.07) is 8.42. The Morgan fingerprint density at radius 1 is 1.25 bits per heavy atom. The molecular formula is C18H25NO. The molecule has 0 saturated carbocycles. The summed E-state index contributed by atoms with van der Waals surface area (Å²) in [5, 5.41) is 1.28. The molecule has 2 nitrogen and oxygen atoms in total. The van der Waals surface area contributed by atoms with Gasteiger partial charge in [-0.3, -0.25) is 0 Å². The number of hydrogen-bond acceptors (Lipinski definition) is 1. The SMILES string of the molecule is CCCCC[C@H](CC(C)=O)c1c(C)[nH]c2ccccc12. The summed E-state index contributed by atoms with van der Waals surface area (Å²) >= 11 is 0. The van der Waals surface area contributed by atoms with Crippen LogP contribution in [0.3, 0.4) is 0 Å². The highest BCUT2D eigenvalue weighted by atomic mass is 16.1. The Bertz CT molecular complexity index is 582. The molecule has 1 aromatic carbocycles. The van der Waals surface area contributed by atoms with Crippen molar-refractivity contribution in [2.45, 2.75) is 58.8 Å². The number of aromatic nitrogens is 1. The molecule has 0 fully saturated rings. The van der Waals surface area contributed by atoms with E-state index in [4.69, 9.17) is 0 Å². The van der Waals surface area contributed by atoms with Crippen molar-refractivity contribution in [3.8, 4) is 0 Å². The van der Waals surface area contributed by atoms with Gasteiger partial charge in [0, 0.05) is 23.0 Å². The molecule has 0 aliphatic heterocycles. The molecule has 0 saturated heterocycles. The molecule has 108 valence electrons. The highest BCUT2D eigenvalue weighted by molar-refractivity contribution is 5.86. The van der Waals surface area contributed by atoms with E-state index >= 15 is 0 Å². The van der Waals surface area contributed by atoms with Gasteiger partial charge in [0.1, 0.15) is 5.78 Å². The van der Waals surface area contributed by atoms with Crippen LogP contribution in [0.15, 0.2) is 24.3 Å². The third-order valence-corrected chi connectivity index (χ3v) is 4.04. The van der Waals surface area contributed by atoms with E-state index < -0.39 is 0 Å². The Morgan fingerprint density at radius 3 is 2.70 bits per heavy atom. The quantitative estimate of drug-likeness (QED) is 0.697. The highest BCUT2D eigenvalue weighted by Crippen LogP contribution is 2.34. The summed E-state index contributed by atoms with van der Waals surface area (Å²) in [7, 11) is 0. The Hall–Kier alpha value is -1.57. The number of nitrogens with one attached hydrogen (secondary N) is 1.